The van der Waals surface area contributed by atoms with Crippen LogP contribution in [0.15, 0.2) is 77.3 Å². The predicted molar refractivity (Wildman–Crippen MR) is 144 cm³/mol. The van der Waals surface area contributed by atoms with Crippen molar-refractivity contribution in [2.45, 2.75) is 25.4 Å². The second-order valence-corrected chi connectivity index (χ2v) is 9.37. The molecule has 1 aliphatic rings. The van der Waals surface area contributed by atoms with Gasteiger partial charge in [-0.1, -0.05) is 36.4 Å². The van der Waals surface area contributed by atoms with Crippen LogP contribution in [0.5, 0.6) is 11.5 Å². The highest BCUT2D eigenvalue weighted by atomic mass is 79.9. The maximum atomic E-state index is 12.7. The molecule has 1 heterocycles. The first kappa shape index (κ1) is 25.2. The minimum absolute atomic E-state index is 0.145. The Morgan fingerprint density at radius 1 is 1.06 bits per heavy atom. The number of benzene rings is 3. The second kappa shape index (κ2) is 12.7. The predicted octanol–water partition coefficient (Wildman–Crippen LogP) is 5.76. The van der Waals surface area contributed by atoms with Crippen molar-refractivity contribution in [3.63, 3.8) is 0 Å². The Morgan fingerprint density at radius 3 is 2.69 bits per heavy atom. The molecule has 0 saturated carbocycles. The topological polar surface area (TPSA) is 68.8 Å². The van der Waals surface area contributed by atoms with Crippen LogP contribution in [0.2, 0.25) is 0 Å². The summed E-state index contributed by atoms with van der Waals surface area (Å²) in [6.45, 7) is 1.86. The Labute approximate surface area is 219 Å². The third-order valence-electron chi connectivity index (χ3n) is 5.46. The number of hydrogen-bond acceptors (Lipinski definition) is 5. The molecule has 35 heavy (non-hydrogen) atoms. The Morgan fingerprint density at radius 2 is 1.91 bits per heavy atom. The molecule has 3 aromatic rings. The summed E-state index contributed by atoms with van der Waals surface area (Å²) in [5, 5.41) is 5.94. The number of ether oxygens (including phenoxy) is 3. The van der Waals surface area contributed by atoms with Crippen molar-refractivity contribution in [2.24, 2.45) is 0 Å². The highest BCUT2D eigenvalue weighted by Crippen LogP contribution is 2.26. The number of rotatable bonds is 9. The monoisotopic (exact) mass is 554 g/mol. The fourth-order valence-corrected chi connectivity index (χ4v) is 4.35. The van der Waals surface area contributed by atoms with Gasteiger partial charge >= 0.3 is 0 Å². The lowest BCUT2D eigenvalue weighted by Crippen LogP contribution is -2.34. The van der Waals surface area contributed by atoms with Crippen molar-refractivity contribution in [1.29, 1.82) is 0 Å². The summed E-state index contributed by atoms with van der Waals surface area (Å²) in [4.78, 5) is 12.7. The molecule has 1 aliphatic heterocycles. The number of hydrogen-bond donors (Lipinski definition) is 2. The quantitative estimate of drug-likeness (QED) is 0.328. The van der Waals surface area contributed by atoms with E-state index in [1.54, 1.807) is 18.2 Å². The minimum Gasteiger partial charge on any atom is -0.492 e. The first-order chi connectivity index (χ1) is 17.1. The van der Waals surface area contributed by atoms with E-state index in [0.717, 1.165) is 31.6 Å². The molecule has 1 fully saturated rings. The summed E-state index contributed by atoms with van der Waals surface area (Å²) < 4.78 is 18.0. The van der Waals surface area contributed by atoms with Gasteiger partial charge in [-0.15, -0.1) is 0 Å². The largest absolute Gasteiger partial charge is 0.492 e. The Balaban J connectivity index is 1.26. The summed E-state index contributed by atoms with van der Waals surface area (Å²) >= 11 is 8.82. The van der Waals surface area contributed by atoms with Gasteiger partial charge in [-0.05, 0) is 76.9 Å². The molecule has 0 spiro atoms. The van der Waals surface area contributed by atoms with Crippen molar-refractivity contribution in [3.8, 4) is 11.5 Å². The van der Waals surface area contributed by atoms with Gasteiger partial charge in [0.25, 0.3) is 5.91 Å². The summed E-state index contributed by atoms with van der Waals surface area (Å²) in [6.07, 6.45) is 3.04. The van der Waals surface area contributed by atoms with Crippen molar-refractivity contribution >= 4 is 44.9 Å². The molecule has 0 aliphatic carbocycles. The molecular weight excluding hydrogens is 528 g/mol. The first-order valence-corrected chi connectivity index (χ1v) is 12.7. The lowest BCUT2D eigenvalue weighted by atomic mass is 10.2. The van der Waals surface area contributed by atoms with Crippen LogP contribution in [0.4, 0.5) is 5.69 Å². The fraction of sp³-hybridized carbons (Fsp3) is 0.259. The van der Waals surface area contributed by atoms with Gasteiger partial charge in [0.05, 0.1) is 17.2 Å². The molecule has 1 amide bonds. The summed E-state index contributed by atoms with van der Waals surface area (Å²) in [5.41, 5.74) is 2.40. The molecule has 6 nitrogen and oxygen atoms in total. The van der Waals surface area contributed by atoms with E-state index in [-0.39, 0.29) is 17.1 Å². The van der Waals surface area contributed by atoms with Gasteiger partial charge in [0, 0.05) is 30.3 Å². The Hall–Kier alpha value is -2.94. The smallest absolute Gasteiger partial charge is 0.257 e. The van der Waals surface area contributed by atoms with Gasteiger partial charge in [0.1, 0.15) is 18.1 Å². The van der Waals surface area contributed by atoms with E-state index in [4.69, 9.17) is 26.4 Å². The molecule has 1 unspecified atom stereocenters. The molecule has 3 aromatic carbocycles. The van der Waals surface area contributed by atoms with Gasteiger partial charge < -0.3 is 19.5 Å². The number of anilines is 1. The van der Waals surface area contributed by atoms with Gasteiger partial charge in [0.15, 0.2) is 5.11 Å². The highest BCUT2D eigenvalue weighted by molar-refractivity contribution is 9.10. The van der Waals surface area contributed by atoms with Crippen LogP contribution in [0.1, 0.15) is 28.8 Å². The number of carbonyl (C=O) groups excluding carboxylic acids is 1. The molecule has 2 N–H and O–H groups in total. The fourth-order valence-electron chi connectivity index (χ4n) is 3.65. The van der Waals surface area contributed by atoms with Crippen LogP contribution in [0, 0.1) is 0 Å². The van der Waals surface area contributed by atoms with E-state index in [1.165, 1.54) is 5.56 Å². The van der Waals surface area contributed by atoms with Gasteiger partial charge in [-0.25, -0.2) is 0 Å². The Bertz CT molecular complexity index is 1150. The number of halogens is 1. The number of thiocarbonyl (C=S) groups is 1. The first-order valence-electron chi connectivity index (χ1n) is 11.5. The van der Waals surface area contributed by atoms with E-state index in [1.807, 2.05) is 42.5 Å². The Kier molecular flexibility index (Phi) is 9.11. The number of amides is 1. The molecule has 182 valence electrons. The molecule has 0 aromatic heterocycles. The van der Waals surface area contributed by atoms with E-state index in [2.05, 4.69) is 38.7 Å². The van der Waals surface area contributed by atoms with Crippen LogP contribution in [-0.2, 0) is 11.2 Å². The zero-order valence-electron chi connectivity index (χ0n) is 19.2. The van der Waals surface area contributed by atoms with Crippen LogP contribution in [0.25, 0.3) is 0 Å². The van der Waals surface area contributed by atoms with E-state index in [9.17, 15) is 4.79 Å². The lowest BCUT2D eigenvalue weighted by molar-refractivity contribution is 0.0680. The van der Waals surface area contributed by atoms with Crippen LogP contribution in [-0.4, -0.2) is 36.9 Å². The maximum absolute atomic E-state index is 12.7. The van der Waals surface area contributed by atoms with E-state index in [0.29, 0.717) is 34.7 Å². The average Bonchev–Trinajstić information content (AvgIpc) is 3.38. The summed E-state index contributed by atoms with van der Waals surface area (Å²) in [6, 6.07) is 22.8. The second-order valence-electron chi connectivity index (χ2n) is 8.11. The van der Waals surface area contributed by atoms with Crippen LogP contribution >= 0.6 is 28.1 Å². The van der Waals surface area contributed by atoms with Crippen LogP contribution < -0.4 is 20.1 Å². The van der Waals surface area contributed by atoms with Crippen molar-refractivity contribution < 1.29 is 19.0 Å². The van der Waals surface area contributed by atoms with Crippen molar-refractivity contribution in [3.05, 3.63) is 88.4 Å². The zero-order valence-corrected chi connectivity index (χ0v) is 21.6. The molecule has 1 saturated heterocycles. The van der Waals surface area contributed by atoms with Crippen molar-refractivity contribution in [1.82, 2.24) is 5.32 Å². The van der Waals surface area contributed by atoms with E-state index >= 15 is 0 Å². The van der Waals surface area contributed by atoms with Gasteiger partial charge in [-0.2, -0.15) is 0 Å². The highest BCUT2D eigenvalue weighted by Gasteiger charge is 2.16. The molecule has 8 heteroatoms. The third kappa shape index (κ3) is 7.78. The molecule has 4 rings (SSSR count). The minimum atomic E-state index is -0.315. The third-order valence-corrected chi connectivity index (χ3v) is 6.29. The summed E-state index contributed by atoms with van der Waals surface area (Å²) in [7, 11) is 0. The van der Waals surface area contributed by atoms with Crippen molar-refractivity contribution in [2.75, 3.05) is 25.1 Å². The molecule has 0 bridgehead atoms. The van der Waals surface area contributed by atoms with Crippen LogP contribution in [0.3, 0.4) is 0 Å². The SMILES string of the molecule is O=C(NC(=S)Nc1cccc(OCC2CCCO2)c1)c1ccc(OCCc2ccccc2)c(Br)c1. The number of nitrogens with one attached hydrogen (secondary N) is 2. The lowest BCUT2D eigenvalue weighted by Gasteiger charge is -2.14. The van der Waals surface area contributed by atoms with E-state index < -0.39 is 0 Å². The van der Waals surface area contributed by atoms with Gasteiger partial charge in [-0.3, -0.25) is 10.1 Å². The standard InChI is InChI=1S/C27H27BrN2O4S/c28-24-16-20(11-12-25(24)33-15-13-19-6-2-1-3-7-19)26(31)30-27(35)29-21-8-4-9-22(17-21)34-18-23-10-5-14-32-23/h1-4,6-9,11-12,16-17,23H,5,10,13-15,18H2,(H2,29,30,31,35). The molecular formula is C27H27BrN2O4S. The normalized spacial score (nSPS) is 14.8. The van der Waals surface area contributed by atoms with Gasteiger partial charge in [0.2, 0.25) is 0 Å². The average molecular weight is 555 g/mol. The number of carbonyl (C=O) groups is 1. The zero-order chi connectivity index (χ0) is 24.5. The molecule has 0 radical (unpaired) electrons. The molecule has 1 atom stereocenters. The summed E-state index contributed by atoms with van der Waals surface area (Å²) in [5.74, 6) is 1.08. The maximum Gasteiger partial charge on any atom is 0.257 e.